The second-order valence-corrected chi connectivity index (χ2v) is 4.43. The zero-order chi connectivity index (χ0) is 13.8. The fourth-order valence-corrected chi connectivity index (χ4v) is 1.88. The Hall–Kier alpha value is -2.20. The Bertz CT molecular complexity index is 613. The smallest absolute Gasteiger partial charge is 0.307 e. The van der Waals surface area contributed by atoms with Crippen molar-refractivity contribution in [1.29, 1.82) is 0 Å². The molecule has 0 radical (unpaired) electrons. The predicted molar refractivity (Wildman–Crippen MR) is 74.2 cm³/mol. The van der Waals surface area contributed by atoms with Crippen molar-refractivity contribution < 1.29 is 15.0 Å². The van der Waals surface area contributed by atoms with Crippen LogP contribution in [0.25, 0.3) is 0 Å². The quantitative estimate of drug-likeness (QED) is 0.749. The van der Waals surface area contributed by atoms with Gasteiger partial charge in [0, 0.05) is 11.4 Å². The van der Waals surface area contributed by atoms with Gasteiger partial charge in [0.1, 0.15) is 5.75 Å². The molecule has 19 heavy (non-hydrogen) atoms. The lowest BCUT2D eigenvalue weighted by atomic mass is 10.1. The SMILES string of the molecule is O=C(O)Cc1ccccc1Nc1ccc(O)c(Cl)c1. The Morgan fingerprint density at radius 2 is 1.95 bits per heavy atom. The topological polar surface area (TPSA) is 69.6 Å². The molecule has 2 aromatic carbocycles. The van der Waals surface area contributed by atoms with E-state index in [0.29, 0.717) is 16.9 Å². The molecule has 0 aromatic heterocycles. The zero-order valence-electron chi connectivity index (χ0n) is 9.93. The van der Waals surface area contributed by atoms with E-state index in [1.165, 1.54) is 6.07 Å². The van der Waals surface area contributed by atoms with Crippen molar-refractivity contribution in [3.8, 4) is 5.75 Å². The van der Waals surface area contributed by atoms with Gasteiger partial charge < -0.3 is 15.5 Å². The largest absolute Gasteiger partial charge is 0.506 e. The van der Waals surface area contributed by atoms with E-state index in [9.17, 15) is 9.90 Å². The molecule has 0 aliphatic carbocycles. The maximum absolute atomic E-state index is 10.8. The van der Waals surface area contributed by atoms with Gasteiger partial charge in [-0.1, -0.05) is 29.8 Å². The number of anilines is 2. The molecule has 98 valence electrons. The number of aliphatic carboxylic acids is 1. The molecule has 2 rings (SSSR count). The fraction of sp³-hybridized carbons (Fsp3) is 0.0714. The van der Waals surface area contributed by atoms with Crippen LogP contribution < -0.4 is 5.32 Å². The first-order valence-corrected chi connectivity index (χ1v) is 5.99. The second kappa shape index (κ2) is 5.63. The third-order valence-electron chi connectivity index (χ3n) is 2.59. The van der Waals surface area contributed by atoms with Gasteiger partial charge in [0.2, 0.25) is 0 Å². The summed E-state index contributed by atoms with van der Waals surface area (Å²) in [6.07, 6.45) is -0.0605. The molecular weight excluding hydrogens is 266 g/mol. The van der Waals surface area contributed by atoms with Crippen molar-refractivity contribution in [2.24, 2.45) is 0 Å². The molecule has 0 heterocycles. The van der Waals surface area contributed by atoms with Crippen molar-refractivity contribution in [3.05, 3.63) is 53.1 Å². The first-order valence-electron chi connectivity index (χ1n) is 5.61. The monoisotopic (exact) mass is 277 g/mol. The van der Waals surface area contributed by atoms with E-state index in [-0.39, 0.29) is 17.2 Å². The number of halogens is 1. The molecule has 5 heteroatoms. The molecule has 0 saturated heterocycles. The normalized spacial score (nSPS) is 10.2. The number of carboxylic acid groups (broad SMARTS) is 1. The van der Waals surface area contributed by atoms with Crippen LogP contribution in [0.1, 0.15) is 5.56 Å². The van der Waals surface area contributed by atoms with E-state index in [1.54, 1.807) is 30.3 Å². The van der Waals surface area contributed by atoms with Gasteiger partial charge in [-0.3, -0.25) is 4.79 Å². The van der Waals surface area contributed by atoms with Crippen molar-refractivity contribution in [1.82, 2.24) is 0 Å². The number of phenolic OH excluding ortho intramolecular Hbond substituents is 1. The van der Waals surface area contributed by atoms with Gasteiger partial charge in [0.15, 0.2) is 0 Å². The third kappa shape index (κ3) is 3.39. The summed E-state index contributed by atoms with van der Waals surface area (Å²) in [6.45, 7) is 0. The number of hydrogen-bond donors (Lipinski definition) is 3. The summed E-state index contributed by atoms with van der Waals surface area (Å²) in [5.74, 6) is -0.885. The summed E-state index contributed by atoms with van der Waals surface area (Å²) in [5, 5.41) is 21.5. The van der Waals surface area contributed by atoms with Gasteiger partial charge >= 0.3 is 5.97 Å². The Kier molecular flexibility index (Phi) is 3.92. The van der Waals surface area contributed by atoms with E-state index in [2.05, 4.69) is 5.32 Å². The maximum Gasteiger partial charge on any atom is 0.307 e. The maximum atomic E-state index is 10.8. The standard InChI is InChI=1S/C14H12ClNO3/c15-11-8-10(5-6-13(11)17)16-12-4-2-1-3-9(12)7-14(18)19/h1-6,8,16-17H,7H2,(H,18,19). The Labute approximate surface area is 115 Å². The highest BCUT2D eigenvalue weighted by Crippen LogP contribution is 2.29. The molecule has 0 saturated carbocycles. The first kappa shape index (κ1) is 13.2. The average molecular weight is 278 g/mol. The number of hydrogen-bond acceptors (Lipinski definition) is 3. The van der Waals surface area contributed by atoms with Gasteiger partial charge in [0.05, 0.1) is 11.4 Å². The van der Waals surface area contributed by atoms with Gasteiger partial charge in [-0.25, -0.2) is 0 Å². The first-order chi connectivity index (χ1) is 9.06. The lowest BCUT2D eigenvalue weighted by molar-refractivity contribution is -0.136. The lowest BCUT2D eigenvalue weighted by Crippen LogP contribution is -2.03. The number of para-hydroxylation sites is 1. The zero-order valence-corrected chi connectivity index (χ0v) is 10.7. The van der Waals surface area contributed by atoms with Crippen LogP contribution in [0.3, 0.4) is 0 Å². The molecular formula is C14H12ClNO3. The van der Waals surface area contributed by atoms with Crippen molar-refractivity contribution in [3.63, 3.8) is 0 Å². The molecule has 0 bridgehead atoms. The number of benzene rings is 2. The van der Waals surface area contributed by atoms with Crippen molar-refractivity contribution >= 4 is 28.9 Å². The molecule has 3 N–H and O–H groups in total. The van der Waals surface area contributed by atoms with Gasteiger partial charge in [0.25, 0.3) is 0 Å². The Balaban J connectivity index is 2.27. The average Bonchev–Trinajstić information content (AvgIpc) is 2.36. The molecule has 0 amide bonds. The molecule has 4 nitrogen and oxygen atoms in total. The minimum Gasteiger partial charge on any atom is -0.506 e. The fourth-order valence-electron chi connectivity index (χ4n) is 1.70. The van der Waals surface area contributed by atoms with Crippen LogP contribution >= 0.6 is 11.6 Å². The summed E-state index contributed by atoms with van der Waals surface area (Å²) in [4.78, 5) is 10.8. The predicted octanol–water partition coefficient (Wildman–Crippen LogP) is 3.42. The van der Waals surface area contributed by atoms with E-state index in [0.717, 1.165) is 0 Å². The minimum absolute atomic E-state index is 0.00559. The number of rotatable bonds is 4. The minimum atomic E-state index is -0.891. The number of carbonyl (C=O) groups is 1. The van der Waals surface area contributed by atoms with E-state index in [1.807, 2.05) is 6.07 Å². The summed E-state index contributed by atoms with van der Waals surface area (Å²) in [7, 11) is 0. The molecule has 0 spiro atoms. The Morgan fingerprint density at radius 3 is 2.63 bits per heavy atom. The number of aromatic hydroxyl groups is 1. The van der Waals surface area contributed by atoms with Crippen molar-refractivity contribution in [2.45, 2.75) is 6.42 Å². The molecule has 0 unspecified atom stereocenters. The lowest BCUT2D eigenvalue weighted by Gasteiger charge is -2.11. The van der Waals surface area contributed by atoms with E-state index < -0.39 is 5.97 Å². The highest BCUT2D eigenvalue weighted by molar-refractivity contribution is 6.32. The summed E-state index contributed by atoms with van der Waals surface area (Å²) in [5.41, 5.74) is 2.06. The van der Waals surface area contributed by atoms with Gasteiger partial charge in [-0.15, -0.1) is 0 Å². The van der Waals surface area contributed by atoms with Crippen LogP contribution in [0, 0.1) is 0 Å². The second-order valence-electron chi connectivity index (χ2n) is 4.02. The third-order valence-corrected chi connectivity index (χ3v) is 2.89. The summed E-state index contributed by atoms with van der Waals surface area (Å²) >= 11 is 5.82. The molecule has 0 aliphatic rings. The van der Waals surface area contributed by atoms with Crippen molar-refractivity contribution in [2.75, 3.05) is 5.32 Å². The highest BCUT2D eigenvalue weighted by atomic mass is 35.5. The molecule has 0 atom stereocenters. The number of nitrogens with one attached hydrogen (secondary N) is 1. The molecule has 2 aromatic rings. The highest BCUT2D eigenvalue weighted by Gasteiger charge is 2.07. The van der Waals surface area contributed by atoms with Crippen LogP contribution in [0.5, 0.6) is 5.75 Å². The van der Waals surface area contributed by atoms with Crippen LogP contribution in [0.15, 0.2) is 42.5 Å². The summed E-state index contributed by atoms with van der Waals surface area (Å²) in [6, 6.07) is 11.9. The molecule has 0 fully saturated rings. The van der Waals surface area contributed by atoms with Gasteiger partial charge in [-0.05, 0) is 29.8 Å². The van der Waals surface area contributed by atoms with Crippen LogP contribution in [-0.2, 0) is 11.2 Å². The van der Waals surface area contributed by atoms with Gasteiger partial charge in [-0.2, -0.15) is 0 Å². The summed E-state index contributed by atoms with van der Waals surface area (Å²) < 4.78 is 0. The van der Waals surface area contributed by atoms with E-state index >= 15 is 0 Å². The van der Waals surface area contributed by atoms with Crippen LogP contribution in [0.4, 0.5) is 11.4 Å². The number of phenols is 1. The number of carboxylic acids is 1. The van der Waals surface area contributed by atoms with Crippen LogP contribution in [0.2, 0.25) is 5.02 Å². The Morgan fingerprint density at radius 1 is 1.21 bits per heavy atom. The van der Waals surface area contributed by atoms with E-state index in [4.69, 9.17) is 16.7 Å². The molecule has 0 aliphatic heterocycles. The van der Waals surface area contributed by atoms with Crippen LogP contribution in [-0.4, -0.2) is 16.2 Å².